The molecule has 2 aromatic heterocycles. The first-order valence-corrected chi connectivity index (χ1v) is 10.3. The van der Waals surface area contributed by atoms with Crippen LogP contribution in [0.5, 0.6) is 5.75 Å². The lowest BCUT2D eigenvalue weighted by Gasteiger charge is -2.20. The first-order valence-electron chi connectivity index (χ1n) is 9.07. The van der Waals surface area contributed by atoms with Crippen molar-refractivity contribution in [3.8, 4) is 5.75 Å². The van der Waals surface area contributed by atoms with Crippen molar-refractivity contribution >= 4 is 29.3 Å². The zero-order chi connectivity index (χ0) is 19.9. The Kier molecular flexibility index (Phi) is 7.12. The summed E-state index contributed by atoms with van der Waals surface area (Å²) < 4.78 is 5.20. The molecule has 0 fully saturated rings. The quantitative estimate of drug-likeness (QED) is 0.464. The molecule has 0 aliphatic heterocycles. The van der Waals surface area contributed by atoms with Crippen LogP contribution in [0.4, 0.5) is 5.95 Å². The standard InChI is InChI=1S/C21H23ClN4OS/c1-14(2)12-18(17-6-4-5-11-23-17)24-21-25-19(22)13-20(26-21)28-16-9-7-15(27-3)8-10-16/h4-11,13-14,18H,12H2,1-3H3,(H,24,25,26). The molecular weight excluding hydrogens is 392 g/mol. The molecule has 0 aliphatic rings. The van der Waals surface area contributed by atoms with E-state index in [1.807, 2.05) is 42.5 Å². The van der Waals surface area contributed by atoms with Crippen LogP contribution in [0.25, 0.3) is 0 Å². The third kappa shape index (κ3) is 5.84. The van der Waals surface area contributed by atoms with Gasteiger partial charge in [0.1, 0.15) is 15.9 Å². The molecule has 7 heteroatoms. The summed E-state index contributed by atoms with van der Waals surface area (Å²) in [4.78, 5) is 14.5. The normalized spacial score (nSPS) is 12.0. The van der Waals surface area contributed by atoms with Crippen LogP contribution in [0.3, 0.4) is 0 Å². The number of hydrogen-bond acceptors (Lipinski definition) is 6. The van der Waals surface area contributed by atoms with Crippen molar-refractivity contribution < 1.29 is 4.74 Å². The average Bonchev–Trinajstić information content (AvgIpc) is 2.68. The molecule has 0 spiro atoms. The third-order valence-electron chi connectivity index (χ3n) is 4.01. The fourth-order valence-corrected chi connectivity index (χ4v) is 3.81. The average molecular weight is 415 g/mol. The highest BCUT2D eigenvalue weighted by Gasteiger charge is 2.17. The summed E-state index contributed by atoms with van der Waals surface area (Å²) in [6, 6.07) is 15.5. The maximum absolute atomic E-state index is 6.26. The Morgan fingerprint density at radius 1 is 1.11 bits per heavy atom. The SMILES string of the molecule is COc1ccc(Sc2cc(Cl)nc(NC(CC(C)C)c3ccccn3)n2)cc1. The summed E-state index contributed by atoms with van der Waals surface area (Å²) in [7, 11) is 1.65. The maximum Gasteiger partial charge on any atom is 0.225 e. The van der Waals surface area contributed by atoms with Gasteiger partial charge in [-0.2, -0.15) is 0 Å². The van der Waals surface area contributed by atoms with E-state index in [1.165, 1.54) is 11.8 Å². The van der Waals surface area contributed by atoms with Gasteiger partial charge < -0.3 is 10.1 Å². The lowest BCUT2D eigenvalue weighted by Crippen LogP contribution is -2.16. The van der Waals surface area contributed by atoms with E-state index < -0.39 is 0 Å². The molecular formula is C21H23ClN4OS. The van der Waals surface area contributed by atoms with Crippen LogP contribution in [-0.4, -0.2) is 22.1 Å². The zero-order valence-electron chi connectivity index (χ0n) is 16.1. The second kappa shape index (κ2) is 9.75. The molecule has 28 heavy (non-hydrogen) atoms. The molecule has 5 nitrogen and oxygen atoms in total. The van der Waals surface area contributed by atoms with E-state index in [1.54, 1.807) is 19.4 Å². The van der Waals surface area contributed by atoms with Crippen LogP contribution in [0.15, 0.2) is 64.6 Å². The van der Waals surface area contributed by atoms with Gasteiger partial charge >= 0.3 is 0 Å². The Morgan fingerprint density at radius 3 is 2.54 bits per heavy atom. The van der Waals surface area contributed by atoms with Crippen LogP contribution in [-0.2, 0) is 0 Å². The molecule has 0 bridgehead atoms. The fraction of sp³-hybridized carbons (Fsp3) is 0.286. The van der Waals surface area contributed by atoms with Crippen LogP contribution >= 0.6 is 23.4 Å². The number of aromatic nitrogens is 3. The highest BCUT2D eigenvalue weighted by Crippen LogP contribution is 2.31. The molecule has 3 rings (SSSR count). The molecule has 1 aromatic carbocycles. The Bertz CT molecular complexity index is 891. The number of anilines is 1. The van der Waals surface area contributed by atoms with E-state index in [2.05, 4.69) is 34.1 Å². The van der Waals surface area contributed by atoms with Gasteiger partial charge in [0.05, 0.1) is 18.8 Å². The zero-order valence-corrected chi connectivity index (χ0v) is 17.7. The summed E-state index contributed by atoms with van der Waals surface area (Å²) >= 11 is 7.78. The molecule has 3 aromatic rings. The minimum Gasteiger partial charge on any atom is -0.497 e. The summed E-state index contributed by atoms with van der Waals surface area (Å²) in [6.45, 7) is 4.36. The van der Waals surface area contributed by atoms with Crippen molar-refractivity contribution in [2.24, 2.45) is 5.92 Å². The number of pyridine rings is 1. The summed E-state index contributed by atoms with van der Waals surface area (Å²) in [5.74, 6) is 1.81. The lowest BCUT2D eigenvalue weighted by molar-refractivity contribution is 0.414. The van der Waals surface area contributed by atoms with Crippen LogP contribution < -0.4 is 10.1 Å². The summed E-state index contributed by atoms with van der Waals surface area (Å²) in [5.41, 5.74) is 0.962. The molecule has 2 heterocycles. The van der Waals surface area contributed by atoms with Crippen molar-refractivity contribution in [2.75, 3.05) is 12.4 Å². The van der Waals surface area contributed by atoms with E-state index in [9.17, 15) is 0 Å². The second-order valence-corrected chi connectivity index (χ2v) is 8.19. The predicted octanol–water partition coefficient (Wildman–Crippen LogP) is 5.88. The number of ether oxygens (including phenoxy) is 1. The highest BCUT2D eigenvalue weighted by atomic mass is 35.5. The molecule has 0 radical (unpaired) electrons. The minimum atomic E-state index is 0.0125. The molecule has 0 saturated carbocycles. The van der Waals surface area contributed by atoms with E-state index >= 15 is 0 Å². The number of hydrogen-bond donors (Lipinski definition) is 1. The Balaban J connectivity index is 1.80. The number of methoxy groups -OCH3 is 1. The molecule has 1 atom stereocenters. The fourth-order valence-electron chi connectivity index (χ4n) is 2.74. The van der Waals surface area contributed by atoms with E-state index in [0.29, 0.717) is 17.0 Å². The summed E-state index contributed by atoms with van der Waals surface area (Å²) in [6.07, 6.45) is 2.71. The smallest absolute Gasteiger partial charge is 0.225 e. The van der Waals surface area contributed by atoms with Crippen molar-refractivity contribution in [2.45, 2.75) is 36.2 Å². The van der Waals surface area contributed by atoms with Crippen molar-refractivity contribution in [1.82, 2.24) is 15.0 Å². The Hall–Kier alpha value is -2.31. The molecule has 1 unspecified atom stereocenters. The number of nitrogens with zero attached hydrogens (tertiary/aromatic N) is 3. The van der Waals surface area contributed by atoms with Crippen molar-refractivity contribution in [3.05, 3.63) is 65.6 Å². The minimum absolute atomic E-state index is 0.0125. The van der Waals surface area contributed by atoms with Gasteiger partial charge in [0.2, 0.25) is 5.95 Å². The van der Waals surface area contributed by atoms with Gasteiger partial charge in [-0.1, -0.05) is 43.3 Å². The van der Waals surface area contributed by atoms with Crippen LogP contribution in [0, 0.1) is 5.92 Å². The summed E-state index contributed by atoms with van der Waals surface area (Å²) in [5, 5.41) is 4.59. The third-order valence-corrected chi connectivity index (χ3v) is 5.13. The van der Waals surface area contributed by atoms with E-state index in [4.69, 9.17) is 16.3 Å². The van der Waals surface area contributed by atoms with Gasteiger partial charge in [0.25, 0.3) is 0 Å². The van der Waals surface area contributed by atoms with Crippen molar-refractivity contribution in [3.63, 3.8) is 0 Å². The molecule has 146 valence electrons. The van der Waals surface area contributed by atoms with E-state index in [-0.39, 0.29) is 6.04 Å². The molecule has 0 saturated heterocycles. The van der Waals surface area contributed by atoms with Gasteiger partial charge in [0, 0.05) is 17.2 Å². The molecule has 0 amide bonds. The largest absolute Gasteiger partial charge is 0.497 e. The van der Waals surface area contributed by atoms with Gasteiger partial charge in [-0.25, -0.2) is 9.97 Å². The van der Waals surface area contributed by atoms with Crippen LogP contribution in [0.2, 0.25) is 5.15 Å². The lowest BCUT2D eigenvalue weighted by atomic mass is 10.0. The Morgan fingerprint density at radius 2 is 1.89 bits per heavy atom. The van der Waals surface area contributed by atoms with Gasteiger partial charge in [0.15, 0.2) is 0 Å². The first-order chi connectivity index (χ1) is 13.5. The number of rotatable bonds is 8. The molecule has 0 aliphatic carbocycles. The predicted molar refractivity (Wildman–Crippen MR) is 114 cm³/mol. The monoisotopic (exact) mass is 414 g/mol. The number of nitrogens with one attached hydrogen (secondary N) is 1. The van der Waals surface area contributed by atoms with Crippen molar-refractivity contribution in [1.29, 1.82) is 0 Å². The topological polar surface area (TPSA) is 59.9 Å². The van der Waals surface area contributed by atoms with Gasteiger partial charge in [-0.05, 0) is 48.7 Å². The Labute approximate surface area is 174 Å². The maximum atomic E-state index is 6.26. The highest BCUT2D eigenvalue weighted by molar-refractivity contribution is 7.99. The van der Waals surface area contributed by atoms with Crippen LogP contribution in [0.1, 0.15) is 32.0 Å². The van der Waals surface area contributed by atoms with E-state index in [0.717, 1.165) is 27.8 Å². The first kappa shape index (κ1) is 20.4. The van der Waals surface area contributed by atoms with Gasteiger partial charge in [-0.3, -0.25) is 4.98 Å². The second-order valence-electron chi connectivity index (χ2n) is 6.71. The number of benzene rings is 1. The number of halogens is 1. The van der Waals surface area contributed by atoms with Gasteiger partial charge in [-0.15, -0.1) is 0 Å². The molecule has 1 N–H and O–H groups in total.